The number of hydrogen-bond donors (Lipinski definition) is 1. The van der Waals surface area contributed by atoms with Crippen LogP contribution in [0.3, 0.4) is 0 Å². The van der Waals surface area contributed by atoms with Gasteiger partial charge in [0.05, 0.1) is 24.0 Å². The maximum Gasteiger partial charge on any atom is 0.229 e. The summed E-state index contributed by atoms with van der Waals surface area (Å²) >= 11 is 0. The van der Waals surface area contributed by atoms with Gasteiger partial charge in [-0.15, -0.1) is 0 Å². The van der Waals surface area contributed by atoms with Crippen LogP contribution in [-0.4, -0.2) is 44.6 Å². The standard InChI is InChI=1S/C18H25N5O2/c1-11(2)9-22-10-14(6-16(22)24)18(25)21-15-5-13-7-20-23(12(3)4)17(13)19-8-15/h5,7-8,11-12,14H,6,9-10H2,1-4H3,(H,21,25). The van der Waals surface area contributed by atoms with Crippen LogP contribution >= 0.6 is 0 Å². The van der Waals surface area contributed by atoms with Crippen molar-refractivity contribution in [1.29, 1.82) is 0 Å². The zero-order valence-electron chi connectivity index (χ0n) is 15.2. The highest BCUT2D eigenvalue weighted by Crippen LogP contribution is 2.23. The fraction of sp³-hybridized carbons (Fsp3) is 0.556. The van der Waals surface area contributed by atoms with E-state index < -0.39 is 0 Å². The number of carbonyl (C=O) groups excluding carboxylic acids is 2. The molecule has 7 heteroatoms. The molecule has 1 saturated heterocycles. The van der Waals surface area contributed by atoms with Crippen LogP contribution in [-0.2, 0) is 9.59 Å². The number of aromatic nitrogens is 3. The molecule has 0 radical (unpaired) electrons. The molecule has 7 nitrogen and oxygen atoms in total. The fourth-order valence-corrected chi connectivity index (χ4v) is 3.20. The van der Waals surface area contributed by atoms with Crippen LogP contribution in [0.15, 0.2) is 18.5 Å². The van der Waals surface area contributed by atoms with Crippen LogP contribution in [0.5, 0.6) is 0 Å². The molecule has 134 valence electrons. The summed E-state index contributed by atoms with van der Waals surface area (Å²) in [6.07, 6.45) is 3.67. The number of amides is 2. The smallest absolute Gasteiger partial charge is 0.229 e. The highest BCUT2D eigenvalue weighted by Gasteiger charge is 2.34. The molecule has 0 bridgehead atoms. The third-order valence-electron chi connectivity index (χ3n) is 4.36. The summed E-state index contributed by atoms with van der Waals surface area (Å²) in [7, 11) is 0. The topological polar surface area (TPSA) is 80.1 Å². The first-order valence-electron chi connectivity index (χ1n) is 8.77. The Kier molecular flexibility index (Phi) is 4.74. The van der Waals surface area contributed by atoms with Crippen LogP contribution in [0.2, 0.25) is 0 Å². The van der Waals surface area contributed by atoms with Crippen molar-refractivity contribution in [3.63, 3.8) is 0 Å². The van der Waals surface area contributed by atoms with Gasteiger partial charge in [0, 0.05) is 30.9 Å². The van der Waals surface area contributed by atoms with Gasteiger partial charge in [-0.2, -0.15) is 5.10 Å². The summed E-state index contributed by atoms with van der Waals surface area (Å²) in [6, 6.07) is 2.09. The van der Waals surface area contributed by atoms with E-state index in [1.165, 1.54) is 0 Å². The zero-order valence-corrected chi connectivity index (χ0v) is 15.2. The van der Waals surface area contributed by atoms with Gasteiger partial charge in [0.25, 0.3) is 0 Å². The van der Waals surface area contributed by atoms with Gasteiger partial charge in [-0.3, -0.25) is 9.59 Å². The van der Waals surface area contributed by atoms with Crippen molar-refractivity contribution in [2.75, 3.05) is 18.4 Å². The minimum Gasteiger partial charge on any atom is -0.342 e. The molecule has 1 fully saturated rings. The first-order chi connectivity index (χ1) is 11.8. The van der Waals surface area contributed by atoms with Crippen LogP contribution in [0.25, 0.3) is 11.0 Å². The molecule has 0 aliphatic carbocycles. The molecule has 2 aromatic rings. The molecule has 1 aliphatic rings. The summed E-state index contributed by atoms with van der Waals surface area (Å²) in [5.41, 5.74) is 1.43. The maximum atomic E-state index is 12.5. The quantitative estimate of drug-likeness (QED) is 0.904. The molecular weight excluding hydrogens is 318 g/mol. The molecule has 3 rings (SSSR count). The predicted octanol–water partition coefficient (Wildman–Crippen LogP) is 2.46. The minimum atomic E-state index is -0.305. The number of anilines is 1. The molecule has 2 aromatic heterocycles. The van der Waals surface area contributed by atoms with Crippen LogP contribution in [0.1, 0.15) is 40.2 Å². The Balaban J connectivity index is 1.69. The van der Waals surface area contributed by atoms with Gasteiger partial charge < -0.3 is 10.2 Å². The van der Waals surface area contributed by atoms with E-state index in [4.69, 9.17) is 0 Å². The van der Waals surface area contributed by atoms with Crippen molar-refractivity contribution in [3.05, 3.63) is 18.5 Å². The second-order valence-electron chi connectivity index (χ2n) is 7.40. The van der Waals surface area contributed by atoms with E-state index in [2.05, 4.69) is 29.2 Å². The van der Waals surface area contributed by atoms with Crippen LogP contribution in [0.4, 0.5) is 5.69 Å². The van der Waals surface area contributed by atoms with E-state index in [1.807, 2.05) is 24.6 Å². The number of rotatable bonds is 5. The lowest BCUT2D eigenvalue weighted by molar-refractivity contribution is -0.128. The van der Waals surface area contributed by atoms with E-state index in [-0.39, 0.29) is 30.2 Å². The molecular formula is C18H25N5O2. The molecule has 1 unspecified atom stereocenters. The summed E-state index contributed by atoms with van der Waals surface area (Å²) < 4.78 is 1.85. The largest absolute Gasteiger partial charge is 0.342 e. The normalized spacial score (nSPS) is 17.9. The Morgan fingerprint density at radius 3 is 2.76 bits per heavy atom. The Bertz CT molecular complexity index is 796. The molecule has 1 aliphatic heterocycles. The number of likely N-dealkylation sites (tertiary alicyclic amines) is 1. The van der Waals surface area contributed by atoms with E-state index in [9.17, 15) is 9.59 Å². The van der Waals surface area contributed by atoms with E-state index in [1.54, 1.807) is 17.3 Å². The molecule has 1 atom stereocenters. The van der Waals surface area contributed by atoms with Crippen molar-refractivity contribution in [1.82, 2.24) is 19.7 Å². The van der Waals surface area contributed by atoms with E-state index in [0.717, 1.165) is 11.0 Å². The molecule has 3 heterocycles. The highest BCUT2D eigenvalue weighted by atomic mass is 16.2. The van der Waals surface area contributed by atoms with Gasteiger partial charge in [-0.1, -0.05) is 13.8 Å². The molecule has 0 saturated carbocycles. The Morgan fingerprint density at radius 2 is 2.08 bits per heavy atom. The van der Waals surface area contributed by atoms with Crippen molar-refractivity contribution in [2.24, 2.45) is 11.8 Å². The van der Waals surface area contributed by atoms with Crippen molar-refractivity contribution in [2.45, 2.75) is 40.2 Å². The molecule has 0 aromatic carbocycles. The molecule has 1 N–H and O–H groups in total. The Labute approximate surface area is 147 Å². The minimum absolute atomic E-state index is 0.0561. The second kappa shape index (κ2) is 6.82. The van der Waals surface area contributed by atoms with Gasteiger partial charge in [0.1, 0.15) is 0 Å². The van der Waals surface area contributed by atoms with Crippen LogP contribution < -0.4 is 5.32 Å². The lowest BCUT2D eigenvalue weighted by Crippen LogP contribution is -2.31. The van der Waals surface area contributed by atoms with E-state index in [0.29, 0.717) is 24.7 Å². The number of nitrogens with one attached hydrogen (secondary N) is 1. The first-order valence-corrected chi connectivity index (χ1v) is 8.77. The molecule has 2 amide bonds. The van der Waals surface area contributed by atoms with Gasteiger partial charge in [0.2, 0.25) is 11.8 Å². The number of carbonyl (C=O) groups is 2. The molecule has 25 heavy (non-hydrogen) atoms. The third kappa shape index (κ3) is 3.65. The zero-order chi connectivity index (χ0) is 18.1. The lowest BCUT2D eigenvalue weighted by atomic mass is 10.1. The first kappa shape index (κ1) is 17.4. The average molecular weight is 343 g/mol. The maximum absolute atomic E-state index is 12.5. The SMILES string of the molecule is CC(C)CN1CC(C(=O)Nc2cnc3c(cnn3C(C)C)c2)CC1=O. The monoisotopic (exact) mass is 343 g/mol. The van der Waals surface area contributed by atoms with Crippen molar-refractivity contribution >= 4 is 28.5 Å². The number of nitrogens with zero attached hydrogens (tertiary/aromatic N) is 4. The fourth-order valence-electron chi connectivity index (χ4n) is 3.20. The number of hydrogen-bond acceptors (Lipinski definition) is 4. The highest BCUT2D eigenvalue weighted by molar-refractivity contribution is 5.98. The van der Waals surface area contributed by atoms with Crippen molar-refractivity contribution < 1.29 is 9.59 Å². The van der Waals surface area contributed by atoms with Gasteiger partial charge in [-0.25, -0.2) is 9.67 Å². The third-order valence-corrected chi connectivity index (χ3v) is 4.36. The summed E-state index contributed by atoms with van der Waals surface area (Å²) in [4.78, 5) is 30.7. The van der Waals surface area contributed by atoms with E-state index >= 15 is 0 Å². The van der Waals surface area contributed by atoms with Crippen LogP contribution in [0, 0.1) is 11.8 Å². The summed E-state index contributed by atoms with van der Waals surface area (Å²) in [5.74, 6) is 0.0211. The van der Waals surface area contributed by atoms with Gasteiger partial charge >= 0.3 is 0 Å². The van der Waals surface area contributed by atoms with Gasteiger partial charge in [0.15, 0.2) is 5.65 Å². The second-order valence-corrected chi connectivity index (χ2v) is 7.40. The van der Waals surface area contributed by atoms with Gasteiger partial charge in [-0.05, 0) is 25.8 Å². The lowest BCUT2D eigenvalue weighted by Gasteiger charge is -2.18. The summed E-state index contributed by atoms with van der Waals surface area (Å²) in [5, 5.41) is 8.11. The average Bonchev–Trinajstić information content (AvgIpc) is 3.10. The Hall–Kier alpha value is -2.44. The summed E-state index contributed by atoms with van der Waals surface area (Å²) in [6.45, 7) is 9.42. The predicted molar refractivity (Wildman–Crippen MR) is 96.1 cm³/mol. The number of pyridine rings is 1. The number of fused-ring (bicyclic) bond motifs is 1. The van der Waals surface area contributed by atoms with Crippen molar-refractivity contribution in [3.8, 4) is 0 Å². The Morgan fingerprint density at radius 1 is 1.32 bits per heavy atom. The molecule has 0 spiro atoms.